The minimum atomic E-state index is 0.178. The molecule has 4 heteroatoms. The molecule has 110 valence electrons. The van der Waals surface area contributed by atoms with E-state index in [1.807, 2.05) is 0 Å². The molecule has 1 unspecified atom stereocenters. The van der Waals surface area contributed by atoms with Gasteiger partial charge in [-0.15, -0.1) is 0 Å². The highest BCUT2D eigenvalue weighted by molar-refractivity contribution is 5.78. The highest BCUT2D eigenvalue weighted by Crippen LogP contribution is 2.20. The molecule has 1 aliphatic heterocycles. The zero-order chi connectivity index (χ0) is 13.5. The molecule has 1 saturated heterocycles. The second-order valence-corrected chi connectivity index (χ2v) is 6.03. The average molecular weight is 268 g/mol. The maximum absolute atomic E-state index is 12.1. The van der Waals surface area contributed by atoms with Crippen LogP contribution in [0, 0.1) is 0 Å². The molecule has 0 radical (unpaired) electrons. The summed E-state index contributed by atoms with van der Waals surface area (Å²) in [4.78, 5) is 14.4. The summed E-state index contributed by atoms with van der Waals surface area (Å²) in [5.41, 5.74) is 0. The molecule has 0 aromatic rings. The minimum absolute atomic E-state index is 0.178. The molecule has 1 heterocycles. The summed E-state index contributed by atoms with van der Waals surface area (Å²) in [6.07, 6.45) is 10.4. The van der Waals surface area contributed by atoms with Gasteiger partial charge in [0.15, 0.2) is 0 Å². The average Bonchev–Trinajstić information content (AvgIpc) is 2.42. The number of amides is 1. The first kappa shape index (κ1) is 14.8. The lowest BCUT2D eigenvalue weighted by atomic mass is 9.95. The van der Waals surface area contributed by atoms with Crippen LogP contribution in [-0.2, 0) is 4.79 Å². The summed E-state index contributed by atoms with van der Waals surface area (Å²) in [5.74, 6) is 0.178. The monoisotopic (exact) mass is 268 g/mol. The largest absolute Gasteiger partial charge is 0.396 e. The van der Waals surface area contributed by atoms with Gasteiger partial charge in [0, 0.05) is 18.7 Å². The normalized spacial score (nSPS) is 26.3. The summed E-state index contributed by atoms with van der Waals surface area (Å²) in [6, 6.07) is 0.804. The van der Waals surface area contributed by atoms with Crippen LogP contribution in [0.1, 0.15) is 57.8 Å². The number of likely N-dealkylation sites (tertiary alicyclic amines) is 1. The molecule has 1 aliphatic carbocycles. The first-order valence-corrected chi connectivity index (χ1v) is 7.94. The summed E-state index contributed by atoms with van der Waals surface area (Å²) in [6.45, 7) is 1.75. The van der Waals surface area contributed by atoms with Crippen molar-refractivity contribution in [2.24, 2.45) is 0 Å². The minimum Gasteiger partial charge on any atom is -0.396 e. The zero-order valence-corrected chi connectivity index (χ0v) is 11.9. The maximum atomic E-state index is 12.1. The fourth-order valence-corrected chi connectivity index (χ4v) is 3.45. The SMILES string of the molecule is O=C(CN1CCCCC1CCO)NC1CCCCC1. The third kappa shape index (κ3) is 4.77. The number of carbonyl (C=O) groups excluding carboxylic acids is 1. The predicted octanol–water partition coefficient (Wildman–Crippen LogP) is 1.67. The van der Waals surface area contributed by atoms with Crippen molar-refractivity contribution in [1.29, 1.82) is 0 Å². The molecule has 4 nitrogen and oxygen atoms in total. The lowest BCUT2D eigenvalue weighted by Gasteiger charge is -2.35. The van der Waals surface area contributed by atoms with Gasteiger partial charge >= 0.3 is 0 Å². The number of nitrogens with zero attached hydrogens (tertiary/aromatic N) is 1. The van der Waals surface area contributed by atoms with Gasteiger partial charge in [-0.1, -0.05) is 25.7 Å². The number of hydrogen-bond acceptors (Lipinski definition) is 3. The number of piperidine rings is 1. The maximum Gasteiger partial charge on any atom is 0.234 e. The smallest absolute Gasteiger partial charge is 0.234 e. The molecule has 0 spiro atoms. The van der Waals surface area contributed by atoms with E-state index in [4.69, 9.17) is 5.11 Å². The van der Waals surface area contributed by atoms with Crippen LogP contribution < -0.4 is 5.32 Å². The van der Waals surface area contributed by atoms with Crippen LogP contribution in [0.3, 0.4) is 0 Å². The Labute approximate surface area is 116 Å². The Bertz CT molecular complexity index is 275. The van der Waals surface area contributed by atoms with E-state index in [0.717, 1.165) is 32.2 Å². The van der Waals surface area contributed by atoms with E-state index in [0.29, 0.717) is 18.6 Å². The molecule has 1 saturated carbocycles. The Morgan fingerprint density at radius 2 is 1.84 bits per heavy atom. The van der Waals surface area contributed by atoms with Crippen molar-refractivity contribution in [1.82, 2.24) is 10.2 Å². The number of hydrogen-bond donors (Lipinski definition) is 2. The molecule has 0 aromatic carbocycles. The van der Waals surface area contributed by atoms with E-state index in [2.05, 4.69) is 10.2 Å². The molecular weight excluding hydrogens is 240 g/mol. The topological polar surface area (TPSA) is 52.6 Å². The summed E-state index contributed by atoms with van der Waals surface area (Å²) < 4.78 is 0. The van der Waals surface area contributed by atoms with E-state index in [9.17, 15) is 4.79 Å². The third-order valence-electron chi connectivity index (χ3n) is 4.53. The van der Waals surface area contributed by atoms with E-state index in [1.54, 1.807) is 0 Å². The zero-order valence-electron chi connectivity index (χ0n) is 11.9. The van der Waals surface area contributed by atoms with Gasteiger partial charge < -0.3 is 10.4 Å². The van der Waals surface area contributed by atoms with Crippen LogP contribution in [0.15, 0.2) is 0 Å². The van der Waals surface area contributed by atoms with E-state index >= 15 is 0 Å². The van der Waals surface area contributed by atoms with Crippen molar-refractivity contribution in [2.75, 3.05) is 19.7 Å². The van der Waals surface area contributed by atoms with Gasteiger partial charge in [-0.25, -0.2) is 0 Å². The van der Waals surface area contributed by atoms with Gasteiger partial charge in [0.25, 0.3) is 0 Å². The van der Waals surface area contributed by atoms with Gasteiger partial charge in [-0.05, 0) is 38.6 Å². The standard InChI is InChI=1S/C15H28N2O2/c18-11-9-14-8-4-5-10-17(14)12-15(19)16-13-6-2-1-3-7-13/h13-14,18H,1-12H2,(H,16,19). The molecule has 2 rings (SSSR count). The Hall–Kier alpha value is -0.610. The number of aliphatic hydroxyl groups is 1. The quantitative estimate of drug-likeness (QED) is 0.797. The van der Waals surface area contributed by atoms with E-state index in [1.165, 1.54) is 32.1 Å². The van der Waals surface area contributed by atoms with Crippen LogP contribution in [-0.4, -0.2) is 47.7 Å². The highest BCUT2D eigenvalue weighted by Gasteiger charge is 2.24. The van der Waals surface area contributed by atoms with E-state index < -0.39 is 0 Å². The molecular formula is C15H28N2O2. The lowest BCUT2D eigenvalue weighted by Crippen LogP contribution is -2.48. The Balaban J connectivity index is 1.75. The van der Waals surface area contributed by atoms with Crippen LogP contribution in [0.2, 0.25) is 0 Å². The molecule has 0 bridgehead atoms. The van der Waals surface area contributed by atoms with Gasteiger partial charge in [0.05, 0.1) is 6.54 Å². The fourth-order valence-electron chi connectivity index (χ4n) is 3.45. The molecule has 0 aromatic heterocycles. The second-order valence-electron chi connectivity index (χ2n) is 6.03. The predicted molar refractivity (Wildman–Crippen MR) is 75.9 cm³/mol. The van der Waals surface area contributed by atoms with Crippen LogP contribution in [0.4, 0.5) is 0 Å². The Kier molecular flexibility index (Phi) is 6.11. The molecule has 2 fully saturated rings. The van der Waals surface area contributed by atoms with Crippen LogP contribution >= 0.6 is 0 Å². The van der Waals surface area contributed by atoms with Crippen molar-refractivity contribution in [2.45, 2.75) is 69.9 Å². The van der Waals surface area contributed by atoms with Crippen molar-refractivity contribution in [3.8, 4) is 0 Å². The Morgan fingerprint density at radius 1 is 1.11 bits per heavy atom. The molecule has 19 heavy (non-hydrogen) atoms. The van der Waals surface area contributed by atoms with Gasteiger partial charge in [0.1, 0.15) is 0 Å². The first-order valence-electron chi connectivity index (χ1n) is 7.94. The first-order chi connectivity index (χ1) is 9.29. The van der Waals surface area contributed by atoms with Crippen LogP contribution in [0.5, 0.6) is 0 Å². The number of aliphatic hydroxyl groups excluding tert-OH is 1. The fraction of sp³-hybridized carbons (Fsp3) is 0.933. The lowest BCUT2D eigenvalue weighted by molar-refractivity contribution is -0.124. The van der Waals surface area contributed by atoms with Gasteiger partial charge in [-0.3, -0.25) is 9.69 Å². The summed E-state index contributed by atoms with van der Waals surface area (Å²) in [7, 11) is 0. The Morgan fingerprint density at radius 3 is 2.58 bits per heavy atom. The molecule has 2 N–H and O–H groups in total. The third-order valence-corrected chi connectivity index (χ3v) is 4.53. The molecule has 1 atom stereocenters. The van der Waals surface area contributed by atoms with E-state index in [-0.39, 0.29) is 12.5 Å². The van der Waals surface area contributed by atoms with Gasteiger partial charge in [0.2, 0.25) is 5.91 Å². The summed E-state index contributed by atoms with van der Waals surface area (Å²) >= 11 is 0. The number of carbonyl (C=O) groups is 1. The van der Waals surface area contributed by atoms with Crippen LogP contribution in [0.25, 0.3) is 0 Å². The highest BCUT2D eigenvalue weighted by atomic mass is 16.3. The number of nitrogens with one attached hydrogen (secondary N) is 1. The summed E-state index contributed by atoms with van der Waals surface area (Å²) in [5, 5.41) is 12.3. The van der Waals surface area contributed by atoms with Gasteiger partial charge in [-0.2, -0.15) is 0 Å². The molecule has 2 aliphatic rings. The van der Waals surface area contributed by atoms with Crippen molar-refractivity contribution in [3.63, 3.8) is 0 Å². The van der Waals surface area contributed by atoms with Crippen molar-refractivity contribution in [3.05, 3.63) is 0 Å². The molecule has 1 amide bonds. The van der Waals surface area contributed by atoms with Crippen molar-refractivity contribution < 1.29 is 9.90 Å². The van der Waals surface area contributed by atoms with Crippen molar-refractivity contribution >= 4 is 5.91 Å². The second kappa shape index (κ2) is 7.85. The number of rotatable bonds is 5.